The van der Waals surface area contributed by atoms with E-state index in [4.69, 9.17) is 15.6 Å². The molecule has 1 aromatic heterocycles. The highest BCUT2D eigenvalue weighted by atomic mass is 16.5. The molecule has 0 saturated heterocycles. The number of ether oxygens (including phenoxy) is 1. The lowest BCUT2D eigenvalue weighted by Gasteiger charge is -2.40. The van der Waals surface area contributed by atoms with Gasteiger partial charge in [0.2, 0.25) is 5.88 Å². The van der Waals surface area contributed by atoms with Crippen LogP contribution in [-0.2, 0) is 4.79 Å². The monoisotopic (exact) mass is 380 g/mol. The first-order valence-electron chi connectivity index (χ1n) is 8.98. The Morgan fingerprint density at radius 3 is 2.64 bits per heavy atom. The van der Waals surface area contributed by atoms with Gasteiger partial charge in [0, 0.05) is 11.0 Å². The van der Waals surface area contributed by atoms with E-state index in [-0.39, 0.29) is 12.5 Å². The molecule has 1 aliphatic rings. The lowest BCUT2D eigenvalue weighted by Crippen LogP contribution is -2.44. The number of aliphatic carboxylic acids is 1. The van der Waals surface area contributed by atoms with E-state index in [2.05, 4.69) is 27.1 Å². The van der Waals surface area contributed by atoms with Gasteiger partial charge < -0.3 is 20.9 Å². The molecule has 1 aromatic carbocycles. The van der Waals surface area contributed by atoms with E-state index in [1.165, 1.54) is 6.33 Å². The number of hydrogen-bond acceptors (Lipinski definition) is 6. The van der Waals surface area contributed by atoms with Gasteiger partial charge in [-0.3, -0.25) is 4.79 Å². The van der Waals surface area contributed by atoms with Crippen molar-refractivity contribution >= 4 is 17.5 Å². The first kappa shape index (κ1) is 19.5. The highest BCUT2D eigenvalue weighted by Crippen LogP contribution is 2.43. The second-order valence-corrected chi connectivity index (χ2v) is 8.05. The van der Waals surface area contributed by atoms with Crippen molar-refractivity contribution in [3.05, 3.63) is 41.7 Å². The van der Waals surface area contributed by atoms with E-state index >= 15 is 0 Å². The van der Waals surface area contributed by atoms with Gasteiger partial charge in [-0.25, -0.2) is 4.98 Å². The second-order valence-electron chi connectivity index (χ2n) is 8.05. The largest absolute Gasteiger partial charge is 0.481 e. The van der Waals surface area contributed by atoms with Crippen LogP contribution in [0.2, 0.25) is 0 Å². The summed E-state index contributed by atoms with van der Waals surface area (Å²) in [7, 11) is 0. The number of hydrogen-bond donors (Lipinski definition) is 3. The molecule has 2 heterocycles. The number of carboxylic acid groups (broad SMARTS) is 1. The molecule has 1 aliphatic heterocycles. The number of nitrogens with two attached hydrogens (primary N) is 1. The molecule has 0 radical (unpaired) electrons. The SMILES string of the molecule is CC(C)(C#Cc1ccc(C2Nc3c(N)ncnc3OC2(C)C)cc1)CC(=O)O. The fourth-order valence-electron chi connectivity index (χ4n) is 3.13. The summed E-state index contributed by atoms with van der Waals surface area (Å²) >= 11 is 0. The predicted molar refractivity (Wildman–Crippen MR) is 107 cm³/mol. The molecule has 0 amide bonds. The Kier molecular flexibility index (Phi) is 4.90. The summed E-state index contributed by atoms with van der Waals surface area (Å²) in [5.41, 5.74) is 7.23. The Morgan fingerprint density at radius 2 is 2.00 bits per heavy atom. The highest BCUT2D eigenvalue weighted by molar-refractivity contribution is 5.70. The summed E-state index contributed by atoms with van der Waals surface area (Å²) in [6.45, 7) is 7.60. The molecule has 0 aliphatic carbocycles. The van der Waals surface area contributed by atoms with E-state index < -0.39 is 17.0 Å². The van der Waals surface area contributed by atoms with Crippen molar-refractivity contribution < 1.29 is 14.6 Å². The third-order valence-electron chi connectivity index (χ3n) is 4.57. The number of nitrogens with one attached hydrogen (secondary N) is 1. The van der Waals surface area contributed by atoms with Crippen LogP contribution >= 0.6 is 0 Å². The average molecular weight is 380 g/mol. The first-order valence-corrected chi connectivity index (χ1v) is 8.98. The summed E-state index contributed by atoms with van der Waals surface area (Å²) < 4.78 is 6.05. The minimum Gasteiger partial charge on any atom is -0.481 e. The van der Waals surface area contributed by atoms with Gasteiger partial charge in [-0.15, -0.1) is 0 Å². The lowest BCUT2D eigenvalue weighted by molar-refractivity contribution is -0.138. The van der Waals surface area contributed by atoms with Crippen LogP contribution in [0.5, 0.6) is 5.88 Å². The normalized spacial score (nSPS) is 17.4. The quantitative estimate of drug-likeness (QED) is 0.701. The minimum atomic E-state index is -0.858. The molecule has 146 valence electrons. The maximum Gasteiger partial charge on any atom is 0.304 e. The Balaban J connectivity index is 1.84. The van der Waals surface area contributed by atoms with E-state index in [9.17, 15) is 4.79 Å². The van der Waals surface area contributed by atoms with Crippen molar-refractivity contribution in [1.29, 1.82) is 0 Å². The van der Waals surface area contributed by atoms with Gasteiger partial charge in [0.05, 0.1) is 12.5 Å². The number of carboxylic acids is 1. The average Bonchev–Trinajstić information content (AvgIpc) is 2.58. The molecule has 0 fully saturated rings. The molecule has 0 saturated carbocycles. The number of anilines is 2. The summed E-state index contributed by atoms with van der Waals surface area (Å²) in [5.74, 6) is 6.02. The van der Waals surface area contributed by atoms with Crippen LogP contribution in [0, 0.1) is 17.3 Å². The zero-order valence-corrected chi connectivity index (χ0v) is 16.4. The van der Waals surface area contributed by atoms with Gasteiger partial charge in [0.1, 0.15) is 17.6 Å². The molecular formula is C21H24N4O3. The molecule has 2 aromatic rings. The number of nitrogen functional groups attached to an aromatic ring is 1. The maximum absolute atomic E-state index is 10.9. The Labute approximate surface area is 164 Å². The number of carbonyl (C=O) groups is 1. The molecule has 0 bridgehead atoms. The van der Waals surface area contributed by atoms with Gasteiger partial charge in [0.15, 0.2) is 5.82 Å². The standard InChI is InChI=1S/C21H24N4O3/c1-20(2,11-15(26)27)10-9-13-5-7-14(8-6-13)17-21(3,4)28-19-16(25-17)18(22)23-12-24-19/h5-8,12,17,25H,11H2,1-4H3,(H,26,27)(H2,22,23,24). The Bertz CT molecular complexity index is 956. The first-order chi connectivity index (χ1) is 13.1. The second kappa shape index (κ2) is 7.04. The van der Waals surface area contributed by atoms with Crippen molar-refractivity contribution in [1.82, 2.24) is 9.97 Å². The fraction of sp³-hybridized carbons (Fsp3) is 0.381. The van der Waals surface area contributed by atoms with Gasteiger partial charge in [-0.05, 0) is 45.4 Å². The van der Waals surface area contributed by atoms with E-state index in [0.717, 1.165) is 11.1 Å². The van der Waals surface area contributed by atoms with E-state index in [1.807, 2.05) is 52.0 Å². The molecule has 28 heavy (non-hydrogen) atoms. The third kappa shape index (κ3) is 4.17. The highest BCUT2D eigenvalue weighted by Gasteiger charge is 2.39. The summed E-state index contributed by atoms with van der Waals surface area (Å²) in [4.78, 5) is 19.1. The molecular weight excluding hydrogens is 356 g/mol. The minimum absolute atomic E-state index is 0.00148. The van der Waals surface area contributed by atoms with Crippen molar-refractivity contribution in [2.75, 3.05) is 11.1 Å². The van der Waals surface area contributed by atoms with Gasteiger partial charge in [-0.2, -0.15) is 4.98 Å². The Morgan fingerprint density at radius 1 is 1.32 bits per heavy atom. The molecule has 7 heteroatoms. The predicted octanol–water partition coefficient (Wildman–Crippen LogP) is 3.24. The van der Waals surface area contributed by atoms with Crippen molar-refractivity contribution in [2.24, 2.45) is 5.41 Å². The summed E-state index contributed by atoms with van der Waals surface area (Å²) in [5, 5.41) is 12.4. The van der Waals surface area contributed by atoms with Crippen LogP contribution in [0.15, 0.2) is 30.6 Å². The Hall–Kier alpha value is -3.27. The number of fused-ring (bicyclic) bond motifs is 1. The van der Waals surface area contributed by atoms with Crippen molar-refractivity contribution in [3.63, 3.8) is 0 Å². The zero-order chi connectivity index (χ0) is 20.5. The van der Waals surface area contributed by atoms with Gasteiger partial charge >= 0.3 is 5.97 Å². The summed E-state index contributed by atoms with van der Waals surface area (Å²) in [6, 6.07) is 7.62. The van der Waals surface area contributed by atoms with Crippen LogP contribution < -0.4 is 15.8 Å². The molecule has 1 unspecified atom stereocenters. The van der Waals surface area contributed by atoms with Gasteiger partial charge in [0.25, 0.3) is 0 Å². The zero-order valence-electron chi connectivity index (χ0n) is 16.4. The van der Waals surface area contributed by atoms with Crippen molar-refractivity contribution in [3.8, 4) is 17.7 Å². The topological polar surface area (TPSA) is 110 Å². The van der Waals surface area contributed by atoms with Crippen LogP contribution in [-0.4, -0.2) is 26.6 Å². The van der Waals surface area contributed by atoms with Gasteiger partial charge in [-0.1, -0.05) is 24.0 Å². The maximum atomic E-state index is 10.9. The number of nitrogens with zero attached hydrogens (tertiary/aromatic N) is 2. The number of aromatic nitrogens is 2. The van der Waals surface area contributed by atoms with E-state index in [1.54, 1.807) is 0 Å². The number of benzene rings is 1. The molecule has 0 spiro atoms. The van der Waals surface area contributed by atoms with Crippen LogP contribution in [0.3, 0.4) is 0 Å². The molecule has 3 rings (SSSR count). The lowest BCUT2D eigenvalue weighted by atomic mass is 9.88. The smallest absolute Gasteiger partial charge is 0.304 e. The summed E-state index contributed by atoms with van der Waals surface area (Å²) in [6.07, 6.45) is 1.38. The molecule has 7 nitrogen and oxygen atoms in total. The van der Waals surface area contributed by atoms with E-state index in [0.29, 0.717) is 17.4 Å². The van der Waals surface area contributed by atoms with Crippen molar-refractivity contribution in [2.45, 2.75) is 45.8 Å². The number of rotatable bonds is 3. The third-order valence-corrected chi connectivity index (χ3v) is 4.57. The molecule has 1 atom stereocenters. The molecule has 4 N–H and O–H groups in total. The van der Waals surface area contributed by atoms with Crippen LogP contribution in [0.1, 0.15) is 51.3 Å². The van der Waals surface area contributed by atoms with Crippen LogP contribution in [0.4, 0.5) is 11.5 Å². The van der Waals surface area contributed by atoms with Crippen LogP contribution in [0.25, 0.3) is 0 Å². The fourth-order valence-corrected chi connectivity index (χ4v) is 3.13.